The molecule has 5 heteroatoms. The fraction of sp³-hybridized carbons (Fsp3) is 0.533. The van der Waals surface area contributed by atoms with E-state index in [0.717, 1.165) is 25.7 Å². The number of carbonyl (C=O) groups excluding carboxylic acids is 1. The summed E-state index contributed by atoms with van der Waals surface area (Å²) in [6, 6.07) is 7.29. The molecule has 1 aliphatic carbocycles. The van der Waals surface area contributed by atoms with Crippen molar-refractivity contribution in [3.05, 3.63) is 29.3 Å². The molecule has 2 aliphatic rings. The van der Waals surface area contributed by atoms with Gasteiger partial charge in [-0.15, -0.1) is 0 Å². The first kappa shape index (κ1) is 13.9. The zero-order chi connectivity index (χ0) is 14.0. The Bertz CT molecular complexity index is 490. The first-order valence-electron chi connectivity index (χ1n) is 7.02. The van der Waals surface area contributed by atoms with Crippen molar-refractivity contribution in [1.29, 1.82) is 0 Å². The van der Waals surface area contributed by atoms with Crippen LogP contribution in [-0.2, 0) is 14.3 Å². The number of halogens is 1. The Morgan fingerprint density at radius 1 is 1.20 bits per heavy atom. The standard InChI is InChI=1S/C15H18ClNO3/c16-12-3-1-2-4-13(12)17-14(18)11-5-7-15(8-6-11)19-9-10-20-15/h1-4,11H,5-10H2,(H,17,18). The Labute approximate surface area is 123 Å². The van der Waals surface area contributed by atoms with Gasteiger partial charge in [0.25, 0.3) is 0 Å². The summed E-state index contributed by atoms with van der Waals surface area (Å²) in [5.74, 6) is -0.378. The minimum absolute atomic E-state index is 0.00435. The number of amides is 1. The van der Waals surface area contributed by atoms with Crippen LogP contribution in [0.2, 0.25) is 5.02 Å². The van der Waals surface area contributed by atoms with Crippen LogP contribution in [0, 0.1) is 5.92 Å². The van der Waals surface area contributed by atoms with Crippen LogP contribution in [0.25, 0.3) is 0 Å². The van der Waals surface area contributed by atoms with Gasteiger partial charge in [-0.1, -0.05) is 23.7 Å². The second kappa shape index (κ2) is 5.72. The third kappa shape index (κ3) is 2.82. The highest BCUT2D eigenvalue weighted by molar-refractivity contribution is 6.33. The van der Waals surface area contributed by atoms with Crippen LogP contribution in [-0.4, -0.2) is 24.9 Å². The van der Waals surface area contributed by atoms with Gasteiger partial charge in [0.15, 0.2) is 5.79 Å². The molecule has 1 aromatic carbocycles. The van der Waals surface area contributed by atoms with Gasteiger partial charge in [0.1, 0.15) is 0 Å². The lowest BCUT2D eigenvalue weighted by atomic mass is 9.84. The molecule has 108 valence electrons. The molecule has 4 nitrogen and oxygen atoms in total. The summed E-state index contributed by atoms with van der Waals surface area (Å²) < 4.78 is 11.3. The Hall–Kier alpha value is -1.10. The van der Waals surface area contributed by atoms with Gasteiger partial charge in [0.05, 0.1) is 23.9 Å². The summed E-state index contributed by atoms with van der Waals surface area (Å²) in [6.45, 7) is 1.33. The number of benzene rings is 1. The van der Waals surface area contributed by atoms with E-state index in [0.29, 0.717) is 23.9 Å². The molecule has 1 aliphatic heterocycles. The van der Waals surface area contributed by atoms with Crippen molar-refractivity contribution in [2.24, 2.45) is 5.92 Å². The number of hydrogen-bond donors (Lipinski definition) is 1. The maximum absolute atomic E-state index is 12.3. The van der Waals surface area contributed by atoms with Gasteiger partial charge >= 0.3 is 0 Å². The van der Waals surface area contributed by atoms with Crippen molar-refractivity contribution in [2.75, 3.05) is 18.5 Å². The van der Waals surface area contributed by atoms with Gasteiger partial charge in [0, 0.05) is 18.8 Å². The molecular formula is C15H18ClNO3. The number of anilines is 1. The van der Waals surface area contributed by atoms with E-state index in [2.05, 4.69) is 5.32 Å². The monoisotopic (exact) mass is 295 g/mol. The highest BCUT2D eigenvalue weighted by Gasteiger charge is 2.41. The molecule has 3 rings (SSSR count). The minimum Gasteiger partial charge on any atom is -0.348 e. The number of ether oxygens (including phenoxy) is 2. The number of hydrogen-bond acceptors (Lipinski definition) is 3. The van der Waals surface area contributed by atoms with Gasteiger partial charge in [-0.25, -0.2) is 0 Å². The third-order valence-electron chi connectivity index (χ3n) is 4.06. The Balaban J connectivity index is 1.58. The third-order valence-corrected chi connectivity index (χ3v) is 4.39. The lowest BCUT2D eigenvalue weighted by molar-refractivity contribution is -0.182. The molecule has 0 radical (unpaired) electrons. The molecule has 0 aromatic heterocycles. The number of nitrogens with one attached hydrogen (secondary N) is 1. The van der Waals surface area contributed by atoms with Gasteiger partial charge in [-0.2, -0.15) is 0 Å². The molecule has 1 saturated heterocycles. The topological polar surface area (TPSA) is 47.6 Å². The summed E-state index contributed by atoms with van der Waals surface area (Å²) in [4.78, 5) is 12.3. The Kier molecular flexibility index (Phi) is 3.96. The predicted octanol–water partition coefficient (Wildman–Crippen LogP) is 3.21. The first-order valence-corrected chi connectivity index (χ1v) is 7.40. The SMILES string of the molecule is O=C(Nc1ccccc1Cl)C1CCC2(CC1)OCCO2. The van der Waals surface area contributed by atoms with E-state index in [1.807, 2.05) is 18.2 Å². The number of rotatable bonds is 2. The molecule has 1 saturated carbocycles. The van der Waals surface area contributed by atoms with E-state index < -0.39 is 5.79 Å². The molecule has 0 bridgehead atoms. The molecule has 0 atom stereocenters. The van der Waals surface area contributed by atoms with Crippen molar-refractivity contribution < 1.29 is 14.3 Å². The van der Waals surface area contributed by atoms with Crippen LogP contribution in [0.4, 0.5) is 5.69 Å². The molecule has 1 spiro atoms. The summed E-state index contributed by atoms with van der Waals surface area (Å²) >= 11 is 6.05. The smallest absolute Gasteiger partial charge is 0.227 e. The van der Waals surface area contributed by atoms with E-state index in [1.54, 1.807) is 6.07 Å². The van der Waals surface area contributed by atoms with E-state index >= 15 is 0 Å². The zero-order valence-electron chi connectivity index (χ0n) is 11.2. The largest absolute Gasteiger partial charge is 0.348 e. The van der Waals surface area contributed by atoms with Crippen molar-refractivity contribution >= 4 is 23.2 Å². The zero-order valence-corrected chi connectivity index (χ0v) is 12.0. The second-order valence-corrected chi connectivity index (χ2v) is 5.76. The van der Waals surface area contributed by atoms with Crippen LogP contribution in [0.5, 0.6) is 0 Å². The van der Waals surface area contributed by atoms with Crippen molar-refractivity contribution in [1.82, 2.24) is 0 Å². The van der Waals surface area contributed by atoms with E-state index in [1.165, 1.54) is 0 Å². The quantitative estimate of drug-likeness (QED) is 0.911. The Morgan fingerprint density at radius 2 is 1.85 bits per heavy atom. The molecule has 1 amide bonds. The van der Waals surface area contributed by atoms with Crippen LogP contribution in [0.15, 0.2) is 24.3 Å². The summed E-state index contributed by atoms with van der Waals surface area (Å²) in [7, 11) is 0. The van der Waals surface area contributed by atoms with E-state index in [4.69, 9.17) is 21.1 Å². The maximum atomic E-state index is 12.3. The minimum atomic E-state index is -0.416. The fourth-order valence-corrected chi connectivity index (χ4v) is 3.09. The fourth-order valence-electron chi connectivity index (χ4n) is 2.90. The highest BCUT2D eigenvalue weighted by Crippen LogP contribution is 2.38. The van der Waals surface area contributed by atoms with Crippen molar-refractivity contribution in [3.8, 4) is 0 Å². The normalized spacial score (nSPS) is 22.1. The average Bonchev–Trinajstić information content (AvgIpc) is 2.90. The molecule has 1 N–H and O–H groups in total. The van der Waals surface area contributed by atoms with Crippen LogP contribution in [0.1, 0.15) is 25.7 Å². The Morgan fingerprint density at radius 3 is 2.50 bits per heavy atom. The van der Waals surface area contributed by atoms with Gasteiger partial charge in [-0.05, 0) is 25.0 Å². The molecule has 1 aromatic rings. The number of para-hydroxylation sites is 1. The predicted molar refractivity (Wildman–Crippen MR) is 76.7 cm³/mol. The van der Waals surface area contributed by atoms with Gasteiger partial charge < -0.3 is 14.8 Å². The average molecular weight is 296 g/mol. The summed E-state index contributed by atoms with van der Waals surface area (Å²) in [5.41, 5.74) is 0.674. The molecule has 20 heavy (non-hydrogen) atoms. The van der Waals surface area contributed by atoms with Crippen molar-refractivity contribution in [2.45, 2.75) is 31.5 Å². The van der Waals surface area contributed by atoms with Gasteiger partial charge in [-0.3, -0.25) is 4.79 Å². The first-order chi connectivity index (χ1) is 9.69. The van der Waals surface area contributed by atoms with E-state index in [-0.39, 0.29) is 11.8 Å². The van der Waals surface area contributed by atoms with Crippen LogP contribution < -0.4 is 5.32 Å². The van der Waals surface area contributed by atoms with Gasteiger partial charge in [0.2, 0.25) is 5.91 Å². The highest BCUT2D eigenvalue weighted by atomic mass is 35.5. The lowest BCUT2D eigenvalue weighted by Crippen LogP contribution is -2.38. The second-order valence-electron chi connectivity index (χ2n) is 5.35. The van der Waals surface area contributed by atoms with E-state index in [9.17, 15) is 4.79 Å². The number of carbonyl (C=O) groups is 1. The van der Waals surface area contributed by atoms with Crippen LogP contribution >= 0.6 is 11.6 Å². The summed E-state index contributed by atoms with van der Waals surface area (Å²) in [5, 5.41) is 3.47. The molecule has 2 fully saturated rings. The maximum Gasteiger partial charge on any atom is 0.227 e. The molecule has 0 unspecified atom stereocenters. The lowest BCUT2D eigenvalue weighted by Gasteiger charge is -2.34. The molecular weight excluding hydrogens is 278 g/mol. The summed E-state index contributed by atoms with van der Waals surface area (Å²) in [6.07, 6.45) is 3.15. The van der Waals surface area contributed by atoms with Crippen molar-refractivity contribution in [3.63, 3.8) is 0 Å². The molecule has 1 heterocycles. The van der Waals surface area contributed by atoms with Crippen LogP contribution in [0.3, 0.4) is 0 Å².